The molecule has 4 aromatic rings. The maximum Gasteiger partial charge on any atom is 0.245 e. The number of aliphatic hydroxyl groups is 1. The topological polar surface area (TPSA) is 95.5 Å². The Morgan fingerprint density at radius 2 is 2.00 bits per heavy atom. The Bertz CT molecular complexity index is 1380. The molecule has 1 atom stereocenters. The fourth-order valence-electron chi connectivity index (χ4n) is 4.26. The number of hydrogen-bond donors (Lipinski definition) is 2. The fourth-order valence-corrected chi connectivity index (χ4v) is 5.80. The number of nitrogens with one attached hydrogen (secondary N) is 1. The van der Waals surface area contributed by atoms with E-state index in [9.17, 15) is 13.5 Å². The molecule has 0 radical (unpaired) electrons. The highest BCUT2D eigenvalue weighted by atomic mass is 32.2. The third-order valence-electron chi connectivity index (χ3n) is 5.80. The summed E-state index contributed by atoms with van der Waals surface area (Å²) in [6, 6.07) is 17.8. The predicted molar refractivity (Wildman–Crippen MR) is 121 cm³/mol. The molecule has 0 saturated carbocycles. The minimum Gasteiger partial charge on any atom is -0.439 e. The van der Waals surface area contributed by atoms with E-state index < -0.39 is 16.1 Å². The highest BCUT2D eigenvalue weighted by Gasteiger charge is 2.36. The molecule has 0 saturated heterocycles. The highest BCUT2D eigenvalue weighted by Crippen LogP contribution is 2.34. The van der Waals surface area contributed by atoms with Gasteiger partial charge < -0.3 is 14.8 Å². The number of aryl methyl sites for hydroxylation is 1. The molecule has 0 fully saturated rings. The van der Waals surface area contributed by atoms with Crippen LogP contribution in [0.2, 0.25) is 0 Å². The Hall–Kier alpha value is -3.20. The monoisotopic (exact) mass is 449 g/mol. The fraction of sp³-hybridized carbons (Fsp3) is 0.208. The van der Waals surface area contributed by atoms with E-state index in [1.54, 1.807) is 6.07 Å². The number of hydrogen-bond acceptors (Lipinski definition) is 5. The van der Waals surface area contributed by atoms with Gasteiger partial charge in [-0.2, -0.15) is 4.31 Å². The van der Waals surface area contributed by atoms with Crippen LogP contribution in [0.1, 0.15) is 22.9 Å². The molecule has 164 valence electrons. The van der Waals surface area contributed by atoms with Gasteiger partial charge in [-0.05, 0) is 54.8 Å². The van der Waals surface area contributed by atoms with E-state index in [1.807, 2.05) is 55.5 Å². The van der Waals surface area contributed by atoms with Gasteiger partial charge in [0.2, 0.25) is 15.9 Å². The normalized spacial score (nSPS) is 16.8. The van der Waals surface area contributed by atoms with Crippen molar-refractivity contribution < 1.29 is 18.3 Å². The number of pyridine rings is 1. The summed E-state index contributed by atoms with van der Waals surface area (Å²) in [6.45, 7) is 2.01. The number of aliphatic hydroxyl groups excluding tert-OH is 1. The highest BCUT2D eigenvalue weighted by molar-refractivity contribution is 7.89. The number of aromatic nitrogens is 2. The van der Waals surface area contributed by atoms with E-state index in [1.165, 1.54) is 16.6 Å². The molecule has 1 unspecified atom stereocenters. The van der Waals surface area contributed by atoms with Crippen molar-refractivity contribution in [2.24, 2.45) is 0 Å². The van der Waals surface area contributed by atoms with E-state index in [0.717, 1.165) is 27.7 Å². The van der Waals surface area contributed by atoms with Gasteiger partial charge in [-0.3, -0.25) is 0 Å². The summed E-state index contributed by atoms with van der Waals surface area (Å²) >= 11 is 0. The number of sulfonamides is 1. The van der Waals surface area contributed by atoms with Crippen LogP contribution in [0, 0.1) is 6.92 Å². The second kappa shape index (κ2) is 8.05. The number of H-pyrrole nitrogens is 1. The molecule has 0 aliphatic carbocycles. The summed E-state index contributed by atoms with van der Waals surface area (Å²) < 4.78 is 33.8. The van der Waals surface area contributed by atoms with Crippen molar-refractivity contribution in [2.45, 2.75) is 24.3 Å². The lowest BCUT2D eigenvalue weighted by atomic mass is 9.95. The Morgan fingerprint density at radius 3 is 2.78 bits per heavy atom. The second-order valence-electron chi connectivity index (χ2n) is 7.90. The Labute approximate surface area is 186 Å². The first-order valence-corrected chi connectivity index (χ1v) is 11.8. The van der Waals surface area contributed by atoms with E-state index in [-0.39, 0.29) is 11.5 Å². The number of nitrogens with zero attached hydrogens (tertiary/aromatic N) is 2. The van der Waals surface area contributed by atoms with Gasteiger partial charge in [-0.25, -0.2) is 13.4 Å². The molecule has 2 aromatic carbocycles. The quantitative estimate of drug-likeness (QED) is 0.481. The van der Waals surface area contributed by atoms with Gasteiger partial charge in [-0.1, -0.05) is 24.3 Å². The van der Waals surface area contributed by atoms with Crippen molar-refractivity contribution in [1.29, 1.82) is 0 Å². The molecule has 5 rings (SSSR count). The van der Waals surface area contributed by atoms with E-state index in [0.29, 0.717) is 24.6 Å². The van der Waals surface area contributed by atoms with Crippen molar-refractivity contribution >= 4 is 20.9 Å². The van der Waals surface area contributed by atoms with Gasteiger partial charge >= 0.3 is 0 Å². The van der Waals surface area contributed by atoms with Gasteiger partial charge in [0.1, 0.15) is 10.6 Å². The number of ether oxygens (including phenoxy) is 1. The van der Waals surface area contributed by atoms with Crippen LogP contribution >= 0.6 is 0 Å². The first-order valence-electron chi connectivity index (χ1n) is 10.4. The van der Waals surface area contributed by atoms with Crippen LogP contribution in [0.5, 0.6) is 11.6 Å². The van der Waals surface area contributed by atoms with E-state index in [2.05, 4.69) is 9.97 Å². The van der Waals surface area contributed by atoms with Crippen molar-refractivity contribution in [3.8, 4) is 11.6 Å². The van der Waals surface area contributed by atoms with Gasteiger partial charge in [0.25, 0.3) is 0 Å². The molecule has 32 heavy (non-hydrogen) atoms. The summed E-state index contributed by atoms with van der Waals surface area (Å²) in [5, 5.41) is 11.0. The van der Waals surface area contributed by atoms with Crippen molar-refractivity contribution in [3.05, 3.63) is 83.7 Å². The minimum absolute atomic E-state index is 0.0689. The van der Waals surface area contributed by atoms with E-state index >= 15 is 0 Å². The third kappa shape index (κ3) is 3.66. The summed E-state index contributed by atoms with van der Waals surface area (Å²) in [5.41, 5.74) is 3.99. The molecule has 0 amide bonds. The molecule has 3 heterocycles. The van der Waals surface area contributed by atoms with Crippen LogP contribution in [0.25, 0.3) is 10.9 Å². The number of fused-ring (bicyclic) bond motifs is 2. The molecule has 7 nitrogen and oxygen atoms in total. The average molecular weight is 450 g/mol. The summed E-state index contributed by atoms with van der Waals surface area (Å²) in [5.74, 6) is 0.922. The molecular formula is C24H23N3O4S. The van der Waals surface area contributed by atoms with Gasteiger partial charge in [0, 0.05) is 29.2 Å². The van der Waals surface area contributed by atoms with Crippen LogP contribution in [-0.2, 0) is 16.4 Å². The van der Waals surface area contributed by atoms with Gasteiger partial charge in [0.15, 0.2) is 0 Å². The van der Waals surface area contributed by atoms with Gasteiger partial charge in [0.05, 0.1) is 18.8 Å². The Balaban J connectivity index is 1.39. The molecule has 0 spiro atoms. The predicted octanol–water partition coefficient (Wildman–Crippen LogP) is 3.94. The van der Waals surface area contributed by atoms with Crippen LogP contribution in [0.4, 0.5) is 0 Å². The standard InChI is InChI=1S/C24H23N3O4S/c1-16-12-18-13-19(6-8-22(18)26-16)31-24-9-7-20(14-25-24)32(29,30)27-11-10-17-4-2-3-5-21(17)23(27)15-28/h2-9,12-14,23,26,28H,10-11,15H2,1H3. The van der Waals surface area contributed by atoms with Crippen LogP contribution in [0.15, 0.2) is 71.8 Å². The zero-order valence-corrected chi connectivity index (χ0v) is 18.3. The van der Waals surface area contributed by atoms with Crippen molar-refractivity contribution in [2.75, 3.05) is 13.2 Å². The molecule has 2 aromatic heterocycles. The van der Waals surface area contributed by atoms with Crippen molar-refractivity contribution in [3.63, 3.8) is 0 Å². The molecule has 8 heteroatoms. The SMILES string of the molecule is Cc1cc2cc(Oc3ccc(S(=O)(=O)N4CCc5ccccc5C4CO)cn3)ccc2[nH]1. The zero-order valence-electron chi connectivity index (χ0n) is 17.5. The second-order valence-corrected chi connectivity index (χ2v) is 9.79. The summed E-state index contributed by atoms with van der Waals surface area (Å²) in [6.07, 6.45) is 1.90. The molecular weight excluding hydrogens is 426 g/mol. The lowest BCUT2D eigenvalue weighted by Gasteiger charge is -2.35. The number of aromatic amines is 1. The molecule has 2 N–H and O–H groups in total. The molecule has 1 aliphatic rings. The first-order chi connectivity index (χ1) is 15.5. The smallest absolute Gasteiger partial charge is 0.245 e. The summed E-state index contributed by atoms with van der Waals surface area (Å²) in [4.78, 5) is 7.55. The Morgan fingerprint density at radius 1 is 1.16 bits per heavy atom. The maximum absolute atomic E-state index is 13.3. The lowest BCUT2D eigenvalue weighted by Crippen LogP contribution is -2.41. The molecule has 0 bridgehead atoms. The number of benzene rings is 2. The van der Waals surface area contributed by atoms with Crippen LogP contribution in [0.3, 0.4) is 0 Å². The largest absolute Gasteiger partial charge is 0.439 e. The van der Waals surface area contributed by atoms with Crippen molar-refractivity contribution in [1.82, 2.24) is 14.3 Å². The van der Waals surface area contributed by atoms with Gasteiger partial charge in [-0.15, -0.1) is 0 Å². The first kappa shape index (κ1) is 20.7. The third-order valence-corrected chi connectivity index (χ3v) is 7.69. The van der Waals surface area contributed by atoms with E-state index in [4.69, 9.17) is 4.74 Å². The number of rotatable bonds is 5. The Kier molecular flexibility index (Phi) is 5.21. The zero-order chi connectivity index (χ0) is 22.3. The molecule has 1 aliphatic heterocycles. The summed E-state index contributed by atoms with van der Waals surface area (Å²) in [7, 11) is -3.83. The lowest BCUT2D eigenvalue weighted by molar-refractivity contribution is 0.180. The van der Waals surface area contributed by atoms with Crippen LogP contribution in [-0.4, -0.2) is 40.9 Å². The van der Waals surface area contributed by atoms with Crippen LogP contribution < -0.4 is 4.74 Å². The average Bonchev–Trinajstić information content (AvgIpc) is 3.18. The maximum atomic E-state index is 13.3. The minimum atomic E-state index is -3.83.